The van der Waals surface area contributed by atoms with Crippen molar-refractivity contribution in [1.82, 2.24) is 0 Å². The van der Waals surface area contributed by atoms with Gasteiger partial charge in [0.2, 0.25) is 0 Å². The number of nitrogens with zero attached hydrogens (tertiary/aromatic N) is 2. The molecule has 4 nitrogen and oxygen atoms in total. The van der Waals surface area contributed by atoms with Crippen LogP contribution in [0.5, 0.6) is 0 Å². The molecule has 6 heteroatoms. The van der Waals surface area contributed by atoms with Gasteiger partial charge in [0.25, 0.3) is 0 Å². The standard InChI is InChI=1S/C11H8F2N2O2/c12-8-4-7(9(13)3-6(8)5-15)11(17)10(16)1-2-14/h3-4,10-11,16-17H,1H2. The zero-order valence-electron chi connectivity index (χ0n) is 8.56. The highest BCUT2D eigenvalue weighted by Gasteiger charge is 2.23. The number of nitriles is 2. The molecule has 0 saturated carbocycles. The molecule has 0 radical (unpaired) electrons. The third kappa shape index (κ3) is 2.76. The van der Waals surface area contributed by atoms with Crippen molar-refractivity contribution in [3.05, 3.63) is 34.9 Å². The van der Waals surface area contributed by atoms with E-state index >= 15 is 0 Å². The number of aliphatic hydroxyl groups is 2. The fourth-order valence-electron chi connectivity index (χ4n) is 1.29. The molecule has 0 amide bonds. The van der Waals surface area contributed by atoms with Crippen LogP contribution in [0.25, 0.3) is 0 Å². The minimum Gasteiger partial charge on any atom is -0.389 e. The number of hydrogen-bond acceptors (Lipinski definition) is 4. The van der Waals surface area contributed by atoms with E-state index in [2.05, 4.69) is 0 Å². The lowest BCUT2D eigenvalue weighted by molar-refractivity contribution is 0.0193. The van der Waals surface area contributed by atoms with Crippen molar-refractivity contribution in [2.45, 2.75) is 18.6 Å². The van der Waals surface area contributed by atoms with E-state index in [1.165, 1.54) is 6.07 Å². The van der Waals surface area contributed by atoms with E-state index in [0.29, 0.717) is 12.1 Å². The normalized spacial score (nSPS) is 13.5. The van der Waals surface area contributed by atoms with Crippen LogP contribution in [0.15, 0.2) is 12.1 Å². The number of benzene rings is 1. The molecule has 0 spiro atoms. The van der Waals surface area contributed by atoms with Crippen LogP contribution in [-0.2, 0) is 0 Å². The van der Waals surface area contributed by atoms with Gasteiger partial charge in [-0.15, -0.1) is 0 Å². The zero-order chi connectivity index (χ0) is 13.0. The van der Waals surface area contributed by atoms with Gasteiger partial charge in [0.15, 0.2) is 0 Å². The molecular weight excluding hydrogens is 230 g/mol. The Morgan fingerprint density at radius 2 is 1.82 bits per heavy atom. The van der Waals surface area contributed by atoms with Crippen molar-refractivity contribution in [2.75, 3.05) is 0 Å². The minimum atomic E-state index is -1.71. The molecule has 0 saturated heterocycles. The Balaban J connectivity index is 3.12. The number of aliphatic hydroxyl groups excluding tert-OH is 2. The molecule has 2 unspecified atom stereocenters. The molecular formula is C11H8F2N2O2. The van der Waals surface area contributed by atoms with Gasteiger partial charge in [0.05, 0.1) is 24.2 Å². The monoisotopic (exact) mass is 238 g/mol. The summed E-state index contributed by atoms with van der Waals surface area (Å²) in [6.07, 6.45) is -3.64. The SMILES string of the molecule is N#CCC(O)C(O)c1cc(F)c(C#N)cc1F. The predicted octanol–water partition coefficient (Wildman–Crippen LogP) is 1.14. The van der Waals surface area contributed by atoms with E-state index in [4.69, 9.17) is 10.5 Å². The molecule has 2 N–H and O–H groups in total. The van der Waals surface area contributed by atoms with Crippen molar-refractivity contribution in [1.29, 1.82) is 10.5 Å². The van der Waals surface area contributed by atoms with E-state index in [1.54, 1.807) is 6.07 Å². The van der Waals surface area contributed by atoms with Crippen LogP contribution < -0.4 is 0 Å². The van der Waals surface area contributed by atoms with Crippen LogP contribution in [0.1, 0.15) is 23.7 Å². The number of hydrogen-bond donors (Lipinski definition) is 2. The molecule has 1 rings (SSSR count). The molecule has 0 aliphatic rings. The summed E-state index contributed by atoms with van der Waals surface area (Å²) >= 11 is 0. The average molecular weight is 238 g/mol. The maximum atomic E-state index is 13.4. The average Bonchev–Trinajstić information content (AvgIpc) is 2.31. The third-order valence-corrected chi connectivity index (χ3v) is 2.19. The lowest BCUT2D eigenvalue weighted by Gasteiger charge is -2.16. The molecule has 1 aromatic carbocycles. The Labute approximate surface area is 96.0 Å². The molecule has 17 heavy (non-hydrogen) atoms. The smallest absolute Gasteiger partial charge is 0.141 e. The fourth-order valence-corrected chi connectivity index (χ4v) is 1.29. The largest absolute Gasteiger partial charge is 0.389 e. The van der Waals surface area contributed by atoms with Crippen molar-refractivity contribution in [2.24, 2.45) is 0 Å². The third-order valence-electron chi connectivity index (χ3n) is 2.19. The molecule has 0 bridgehead atoms. The summed E-state index contributed by atoms with van der Waals surface area (Å²) in [6, 6.07) is 4.31. The van der Waals surface area contributed by atoms with Crippen LogP contribution in [-0.4, -0.2) is 16.3 Å². The summed E-state index contributed by atoms with van der Waals surface area (Å²) in [5.74, 6) is -2.00. The Bertz CT molecular complexity index is 505. The first-order valence-corrected chi connectivity index (χ1v) is 4.63. The van der Waals surface area contributed by atoms with Gasteiger partial charge in [-0.3, -0.25) is 0 Å². The quantitative estimate of drug-likeness (QED) is 0.826. The highest BCUT2D eigenvalue weighted by Crippen LogP contribution is 2.24. The first-order valence-electron chi connectivity index (χ1n) is 4.63. The molecule has 88 valence electrons. The van der Waals surface area contributed by atoms with Gasteiger partial charge in [-0.25, -0.2) is 8.78 Å². The first kappa shape index (κ1) is 13.0. The molecule has 1 aromatic rings. The lowest BCUT2D eigenvalue weighted by atomic mass is 10.0. The van der Waals surface area contributed by atoms with Crippen LogP contribution >= 0.6 is 0 Å². The number of halogens is 2. The Morgan fingerprint density at radius 3 is 2.35 bits per heavy atom. The molecule has 0 aromatic heterocycles. The van der Waals surface area contributed by atoms with Crippen molar-refractivity contribution in [3.63, 3.8) is 0 Å². The second-order valence-corrected chi connectivity index (χ2v) is 3.34. The number of rotatable bonds is 3. The van der Waals surface area contributed by atoms with E-state index in [9.17, 15) is 19.0 Å². The fraction of sp³-hybridized carbons (Fsp3) is 0.273. The van der Waals surface area contributed by atoms with E-state index < -0.39 is 41.4 Å². The summed E-state index contributed by atoms with van der Waals surface area (Å²) < 4.78 is 26.6. The van der Waals surface area contributed by atoms with E-state index in [1.807, 2.05) is 0 Å². The Morgan fingerprint density at radius 1 is 1.18 bits per heavy atom. The van der Waals surface area contributed by atoms with Crippen molar-refractivity contribution >= 4 is 0 Å². The second kappa shape index (κ2) is 5.35. The highest BCUT2D eigenvalue weighted by molar-refractivity contribution is 5.35. The summed E-state index contributed by atoms with van der Waals surface area (Å²) in [6.45, 7) is 0. The zero-order valence-corrected chi connectivity index (χ0v) is 8.56. The van der Waals surface area contributed by atoms with Crippen molar-refractivity contribution in [3.8, 4) is 12.1 Å². The van der Waals surface area contributed by atoms with Gasteiger partial charge in [0, 0.05) is 5.56 Å². The molecule has 2 atom stereocenters. The van der Waals surface area contributed by atoms with Gasteiger partial charge >= 0.3 is 0 Å². The summed E-state index contributed by atoms with van der Waals surface area (Å²) in [5.41, 5.74) is -0.975. The van der Waals surface area contributed by atoms with Gasteiger partial charge < -0.3 is 10.2 Å². The van der Waals surface area contributed by atoms with Crippen LogP contribution in [0.3, 0.4) is 0 Å². The molecule has 0 aliphatic heterocycles. The predicted molar refractivity (Wildman–Crippen MR) is 52.3 cm³/mol. The maximum Gasteiger partial charge on any atom is 0.141 e. The molecule has 0 aliphatic carbocycles. The summed E-state index contributed by atoms with van der Waals surface area (Å²) in [5, 5.41) is 35.5. The van der Waals surface area contributed by atoms with Gasteiger partial charge in [-0.1, -0.05) is 0 Å². The van der Waals surface area contributed by atoms with Crippen molar-refractivity contribution < 1.29 is 19.0 Å². The molecule has 0 heterocycles. The van der Waals surface area contributed by atoms with Gasteiger partial charge in [-0.05, 0) is 12.1 Å². The summed E-state index contributed by atoms with van der Waals surface area (Å²) in [7, 11) is 0. The second-order valence-electron chi connectivity index (χ2n) is 3.34. The topological polar surface area (TPSA) is 88.0 Å². The van der Waals surface area contributed by atoms with Crippen LogP contribution in [0, 0.1) is 34.3 Å². The Kier molecular flexibility index (Phi) is 4.11. The van der Waals surface area contributed by atoms with E-state index in [-0.39, 0.29) is 0 Å². The van der Waals surface area contributed by atoms with Crippen LogP contribution in [0.2, 0.25) is 0 Å². The lowest BCUT2D eigenvalue weighted by Crippen LogP contribution is -2.19. The van der Waals surface area contributed by atoms with Crippen LogP contribution in [0.4, 0.5) is 8.78 Å². The first-order chi connectivity index (χ1) is 8.01. The van der Waals surface area contributed by atoms with E-state index in [0.717, 1.165) is 0 Å². The van der Waals surface area contributed by atoms with Gasteiger partial charge in [-0.2, -0.15) is 10.5 Å². The Hall–Kier alpha value is -2.02. The minimum absolute atomic E-state index is 0.414. The summed E-state index contributed by atoms with van der Waals surface area (Å²) in [4.78, 5) is 0. The maximum absolute atomic E-state index is 13.4. The highest BCUT2D eigenvalue weighted by atomic mass is 19.1. The van der Waals surface area contributed by atoms with Gasteiger partial charge in [0.1, 0.15) is 23.8 Å². The molecule has 0 fully saturated rings.